The Morgan fingerprint density at radius 1 is 1.39 bits per heavy atom. The molecular formula is C13H19N3S2. The molecule has 2 aromatic rings. The van der Waals surface area contributed by atoms with Gasteiger partial charge in [0.2, 0.25) is 0 Å². The van der Waals surface area contributed by atoms with Crippen LogP contribution in [0, 0.1) is 0 Å². The lowest BCUT2D eigenvalue weighted by molar-refractivity contribution is 0.902. The molecule has 0 bridgehead atoms. The standard InChI is InChI=1S/C13H19N3S2/c1-4-8(3)17-7-11-15-12(14)10-6-9(5-2)18-13(10)16-11/h6,8H,4-5,7H2,1-3H3,(H2,14,15,16). The summed E-state index contributed by atoms with van der Waals surface area (Å²) >= 11 is 3.61. The molecular weight excluding hydrogens is 262 g/mol. The fourth-order valence-corrected chi connectivity index (χ4v) is 3.41. The van der Waals surface area contributed by atoms with Crippen LogP contribution in [0.3, 0.4) is 0 Å². The van der Waals surface area contributed by atoms with Crippen LogP contribution in [0.1, 0.15) is 37.9 Å². The number of rotatable bonds is 5. The number of hydrogen-bond acceptors (Lipinski definition) is 5. The number of nitrogen functional groups attached to an aromatic ring is 1. The highest BCUT2D eigenvalue weighted by Crippen LogP contribution is 2.29. The molecule has 0 aliphatic heterocycles. The normalized spacial score (nSPS) is 13.1. The second kappa shape index (κ2) is 5.89. The largest absolute Gasteiger partial charge is 0.383 e. The van der Waals surface area contributed by atoms with E-state index >= 15 is 0 Å². The summed E-state index contributed by atoms with van der Waals surface area (Å²) in [4.78, 5) is 11.4. The quantitative estimate of drug-likeness (QED) is 0.904. The van der Waals surface area contributed by atoms with E-state index in [1.54, 1.807) is 11.3 Å². The van der Waals surface area contributed by atoms with E-state index in [1.807, 2.05) is 11.8 Å². The lowest BCUT2D eigenvalue weighted by atomic mass is 10.3. The smallest absolute Gasteiger partial charge is 0.142 e. The van der Waals surface area contributed by atoms with E-state index in [9.17, 15) is 0 Å². The fourth-order valence-electron chi connectivity index (χ4n) is 1.61. The fraction of sp³-hybridized carbons (Fsp3) is 0.538. The molecule has 0 saturated carbocycles. The van der Waals surface area contributed by atoms with Gasteiger partial charge in [-0.25, -0.2) is 9.97 Å². The molecule has 3 nitrogen and oxygen atoms in total. The molecule has 2 aromatic heterocycles. The van der Waals surface area contributed by atoms with Crippen LogP contribution in [-0.4, -0.2) is 15.2 Å². The molecule has 0 aliphatic rings. The molecule has 5 heteroatoms. The van der Waals surface area contributed by atoms with Gasteiger partial charge < -0.3 is 5.73 Å². The zero-order valence-corrected chi connectivity index (χ0v) is 12.7. The van der Waals surface area contributed by atoms with Crippen molar-refractivity contribution in [3.05, 3.63) is 16.8 Å². The third-order valence-electron chi connectivity index (χ3n) is 2.94. The van der Waals surface area contributed by atoms with Crippen molar-refractivity contribution in [2.24, 2.45) is 0 Å². The minimum atomic E-state index is 0.621. The van der Waals surface area contributed by atoms with Crippen LogP contribution in [-0.2, 0) is 12.2 Å². The van der Waals surface area contributed by atoms with E-state index in [1.165, 1.54) is 11.3 Å². The number of thiophene rings is 1. The van der Waals surface area contributed by atoms with Crippen molar-refractivity contribution >= 4 is 39.1 Å². The predicted molar refractivity (Wildman–Crippen MR) is 82.3 cm³/mol. The van der Waals surface area contributed by atoms with Crippen LogP contribution in [0.15, 0.2) is 6.07 Å². The van der Waals surface area contributed by atoms with Crippen LogP contribution < -0.4 is 5.73 Å². The third-order valence-corrected chi connectivity index (χ3v) is 5.44. The zero-order chi connectivity index (χ0) is 13.1. The van der Waals surface area contributed by atoms with Crippen LogP contribution in [0.25, 0.3) is 10.2 Å². The van der Waals surface area contributed by atoms with Gasteiger partial charge in [-0.05, 0) is 18.9 Å². The number of thioether (sulfide) groups is 1. The van der Waals surface area contributed by atoms with Gasteiger partial charge in [-0.2, -0.15) is 11.8 Å². The average Bonchev–Trinajstić information content (AvgIpc) is 2.79. The van der Waals surface area contributed by atoms with Crippen molar-refractivity contribution in [2.45, 2.75) is 44.6 Å². The van der Waals surface area contributed by atoms with Gasteiger partial charge >= 0.3 is 0 Å². The van der Waals surface area contributed by atoms with E-state index in [-0.39, 0.29) is 0 Å². The van der Waals surface area contributed by atoms with Crippen molar-refractivity contribution in [3.8, 4) is 0 Å². The van der Waals surface area contributed by atoms with Crippen LogP contribution in [0.4, 0.5) is 5.82 Å². The Hall–Kier alpha value is -0.810. The first-order valence-electron chi connectivity index (χ1n) is 6.30. The Morgan fingerprint density at radius 3 is 2.83 bits per heavy atom. The van der Waals surface area contributed by atoms with E-state index in [4.69, 9.17) is 5.73 Å². The van der Waals surface area contributed by atoms with Gasteiger partial charge in [-0.3, -0.25) is 0 Å². The minimum absolute atomic E-state index is 0.621. The van der Waals surface area contributed by atoms with Gasteiger partial charge in [0.05, 0.1) is 11.1 Å². The molecule has 1 atom stereocenters. The number of aromatic nitrogens is 2. The Balaban J connectivity index is 2.24. The highest BCUT2D eigenvalue weighted by Gasteiger charge is 2.10. The number of hydrogen-bond donors (Lipinski definition) is 1. The van der Waals surface area contributed by atoms with Crippen LogP contribution >= 0.6 is 23.1 Å². The molecule has 0 fully saturated rings. The molecule has 2 heterocycles. The molecule has 0 amide bonds. The molecule has 18 heavy (non-hydrogen) atoms. The van der Waals surface area contributed by atoms with Crippen molar-refractivity contribution < 1.29 is 0 Å². The number of anilines is 1. The SMILES string of the molecule is CCc1cc2c(N)nc(CSC(C)CC)nc2s1. The second-order valence-electron chi connectivity index (χ2n) is 4.34. The average molecular weight is 281 g/mol. The summed E-state index contributed by atoms with van der Waals surface area (Å²) in [5.41, 5.74) is 6.01. The first-order valence-corrected chi connectivity index (χ1v) is 8.17. The van der Waals surface area contributed by atoms with E-state index in [0.29, 0.717) is 11.1 Å². The van der Waals surface area contributed by atoms with Gasteiger partial charge in [0, 0.05) is 10.1 Å². The molecule has 0 radical (unpaired) electrons. The van der Waals surface area contributed by atoms with Gasteiger partial charge in [0.1, 0.15) is 16.5 Å². The lowest BCUT2D eigenvalue weighted by Crippen LogP contribution is -2.01. The molecule has 0 saturated heterocycles. The third kappa shape index (κ3) is 2.95. The summed E-state index contributed by atoms with van der Waals surface area (Å²) in [6, 6.07) is 2.11. The molecule has 0 aliphatic carbocycles. The van der Waals surface area contributed by atoms with Gasteiger partial charge in [-0.1, -0.05) is 20.8 Å². The molecule has 98 valence electrons. The maximum absolute atomic E-state index is 6.01. The highest BCUT2D eigenvalue weighted by molar-refractivity contribution is 7.99. The summed E-state index contributed by atoms with van der Waals surface area (Å²) in [6.45, 7) is 6.57. The monoisotopic (exact) mass is 281 g/mol. The second-order valence-corrected chi connectivity index (χ2v) is 6.88. The van der Waals surface area contributed by atoms with Crippen LogP contribution in [0.2, 0.25) is 0 Å². The first kappa shape index (κ1) is 13.6. The zero-order valence-electron chi connectivity index (χ0n) is 11.1. The Morgan fingerprint density at radius 2 is 2.17 bits per heavy atom. The highest BCUT2D eigenvalue weighted by atomic mass is 32.2. The van der Waals surface area contributed by atoms with Gasteiger partial charge in [0.25, 0.3) is 0 Å². The summed E-state index contributed by atoms with van der Waals surface area (Å²) < 4.78 is 0. The lowest BCUT2D eigenvalue weighted by Gasteiger charge is -2.07. The molecule has 1 unspecified atom stereocenters. The van der Waals surface area contributed by atoms with Crippen molar-refractivity contribution in [2.75, 3.05) is 5.73 Å². The number of aryl methyl sites for hydroxylation is 1. The topological polar surface area (TPSA) is 51.8 Å². The maximum Gasteiger partial charge on any atom is 0.142 e. The van der Waals surface area contributed by atoms with Crippen molar-refractivity contribution in [1.82, 2.24) is 9.97 Å². The summed E-state index contributed by atoms with van der Waals surface area (Å²) in [5, 5.41) is 1.65. The Bertz CT molecular complexity index is 536. The van der Waals surface area contributed by atoms with Gasteiger partial charge in [0.15, 0.2) is 0 Å². The number of nitrogens with zero attached hydrogens (tertiary/aromatic N) is 2. The summed E-state index contributed by atoms with van der Waals surface area (Å²) in [5.74, 6) is 2.32. The van der Waals surface area contributed by atoms with Gasteiger partial charge in [-0.15, -0.1) is 11.3 Å². The Kier molecular flexibility index (Phi) is 4.45. The van der Waals surface area contributed by atoms with Crippen LogP contribution in [0.5, 0.6) is 0 Å². The first-order chi connectivity index (χ1) is 8.63. The van der Waals surface area contributed by atoms with Crippen molar-refractivity contribution in [3.63, 3.8) is 0 Å². The maximum atomic E-state index is 6.01. The number of nitrogens with two attached hydrogens (primary N) is 1. The molecule has 2 rings (SSSR count). The summed E-state index contributed by atoms with van der Waals surface area (Å²) in [7, 11) is 0. The minimum Gasteiger partial charge on any atom is -0.383 e. The molecule has 0 aromatic carbocycles. The van der Waals surface area contributed by atoms with E-state index < -0.39 is 0 Å². The molecule has 2 N–H and O–H groups in total. The predicted octanol–water partition coefficient (Wildman–Crippen LogP) is 3.87. The molecule has 0 spiro atoms. The number of fused-ring (bicyclic) bond motifs is 1. The van der Waals surface area contributed by atoms with E-state index in [2.05, 4.69) is 36.8 Å². The van der Waals surface area contributed by atoms with E-state index in [0.717, 1.165) is 28.2 Å². The Labute approximate surface area is 116 Å². The van der Waals surface area contributed by atoms with Crippen molar-refractivity contribution in [1.29, 1.82) is 0 Å². The summed E-state index contributed by atoms with van der Waals surface area (Å²) in [6.07, 6.45) is 2.19.